The molecular formula is C19H15FN5O. The molecule has 2 heterocycles. The van der Waals surface area contributed by atoms with Gasteiger partial charge in [-0.05, 0) is 30.3 Å². The number of anilines is 3. The quantitative estimate of drug-likeness (QED) is 0.784. The second-order valence-corrected chi connectivity index (χ2v) is 5.83. The van der Waals surface area contributed by atoms with Gasteiger partial charge >= 0.3 is 0 Å². The zero-order valence-corrected chi connectivity index (χ0v) is 13.9. The maximum atomic E-state index is 13.9. The second kappa shape index (κ2) is 6.94. The van der Waals surface area contributed by atoms with E-state index in [1.165, 1.54) is 18.2 Å². The van der Waals surface area contributed by atoms with E-state index in [2.05, 4.69) is 32.3 Å². The Morgan fingerprint density at radius 2 is 2.08 bits per heavy atom. The third-order valence-corrected chi connectivity index (χ3v) is 4.23. The number of nitrogens with zero attached hydrogens (tertiary/aromatic N) is 4. The van der Waals surface area contributed by atoms with E-state index in [0.29, 0.717) is 41.3 Å². The van der Waals surface area contributed by atoms with Crippen molar-refractivity contribution in [3.8, 4) is 6.07 Å². The average molecular weight is 348 g/mol. The second-order valence-electron chi connectivity index (χ2n) is 5.83. The summed E-state index contributed by atoms with van der Waals surface area (Å²) in [5.74, 6) is 0.287. The first kappa shape index (κ1) is 16.2. The van der Waals surface area contributed by atoms with E-state index in [4.69, 9.17) is 4.74 Å². The molecule has 0 unspecified atom stereocenters. The monoisotopic (exact) mass is 348 g/mol. The highest BCUT2D eigenvalue weighted by molar-refractivity contribution is 5.89. The van der Waals surface area contributed by atoms with Crippen molar-refractivity contribution in [3.05, 3.63) is 54.0 Å². The standard InChI is InChI=1S/C19H15FN5O/c20-14-3-1-2-4-16(14)23-15-5-6-17-19(13(15)11-21)24-18(12-22-17)25-7-9-26-10-8-25/h1,3-6,12,23H,7-10H2. The zero-order chi connectivity index (χ0) is 17.9. The Labute approximate surface area is 149 Å². The lowest BCUT2D eigenvalue weighted by molar-refractivity contribution is 0.122. The topological polar surface area (TPSA) is 74.1 Å². The summed E-state index contributed by atoms with van der Waals surface area (Å²) < 4.78 is 19.3. The molecule has 7 heteroatoms. The summed E-state index contributed by atoms with van der Waals surface area (Å²) in [5, 5.41) is 12.6. The van der Waals surface area contributed by atoms with Gasteiger partial charge in [-0.2, -0.15) is 5.26 Å². The van der Waals surface area contributed by atoms with Crippen molar-refractivity contribution >= 4 is 28.2 Å². The predicted octanol–water partition coefficient (Wildman–Crippen LogP) is 3.02. The lowest BCUT2D eigenvalue weighted by Gasteiger charge is -2.27. The lowest BCUT2D eigenvalue weighted by atomic mass is 10.1. The predicted molar refractivity (Wildman–Crippen MR) is 95.8 cm³/mol. The number of nitrogens with one attached hydrogen (secondary N) is 1. The zero-order valence-electron chi connectivity index (χ0n) is 13.9. The molecular weight excluding hydrogens is 333 g/mol. The Kier molecular flexibility index (Phi) is 4.33. The van der Waals surface area contributed by atoms with E-state index in [-0.39, 0.29) is 5.69 Å². The summed E-state index contributed by atoms with van der Waals surface area (Å²) >= 11 is 0. The highest BCUT2D eigenvalue weighted by Crippen LogP contribution is 2.28. The third-order valence-electron chi connectivity index (χ3n) is 4.23. The molecule has 1 aromatic heterocycles. The van der Waals surface area contributed by atoms with Crippen LogP contribution in [0.4, 0.5) is 21.6 Å². The highest BCUT2D eigenvalue weighted by Gasteiger charge is 2.16. The molecule has 0 bridgehead atoms. The molecule has 1 saturated heterocycles. The summed E-state index contributed by atoms with van der Waals surface area (Å²) in [7, 11) is 0. The number of morpholine rings is 1. The molecule has 4 rings (SSSR count). The number of rotatable bonds is 3. The van der Waals surface area contributed by atoms with E-state index in [1.54, 1.807) is 18.3 Å². The third kappa shape index (κ3) is 3.03. The largest absolute Gasteiger partial charge is 0.378 e. The van der Waals surface area contributed by atoms with Crippen LogP contribution in [0.3, 0.4) is 0 Å². The number of hydrogen-bond acceptors (Lipinski definition) is 6. The van der Waals surface area contributed by atoms with Crippen LogP contribution in [0.1, 0.15) is 5.56 Å². The van der Waals surface area contributed by atoms with Gasteiger partial charge < -0.3 is 15.0 Å². The molecule has 0 saturated carbocycles. The van der Waals surface area contributed by atoms with E-state index in [1.807, 2.05) is 0 Å². The number of nitriles is 1. The first-order valence-corrected chi connectivity index (χ1v) is 8.21. The molecule has 1 aliphatic rings. The van der Waals surface area contributed by atoms with Crippen LogP contribution in [0.25, 0.3) is 11.0 Å². The summed E-state index contributed by atoms with van der Waals surface area (Å²) in [6, 6.07) is 12.8. The van der Waals surface area contributed by atoms with Crippen molar-refractivity contribution in [1.82, 2.24) is 9.97 Å². The molecule has 0 spiro atoms. The first-order chi connectivity index (χ1) is 12.8. The fourth-order valence-corrected chi connectivity index (χ4v) is 2.88. The Bertz CT molecular complexity index is 995. The minimum Gasteiger partial charge on any atom is -0.378 e. The summed E-state index contributed by atoms with van der Waals surface area (Å²) in [5.41, 5.74) is 2.16. The minimum atomic E-state index is -0.416. The van der Waals surface area contributed by atoms with Crippen LogP contribution >= 0.6 is 0 Å². The molecule has 3 aromatic rings. The normalized spacial score (nSPS) is 14.2. The fraction of sp³-hybridized carbons (Fsp3) is 0.211. The minimum absolute atomic E-state index is 0.251. The van der Waals surface area contributed by atoms with Crippen molar-refractivity contribution in [1.29, 1.82) is 5.26 Å². The molecule has 0 aliphatic carbocycles. The molecule has 6 nitrogen and oxygen atoms in total. The highest BCUT2D eigenvalue weighted by atomic mass is 19.1. The van der Waals surface area contributed by atoms with Gasteiger partial charge in [-0.15, -0.1) is 0 Å². The van der Waals surface area contributed by atoms with Crippen LogP contribution in [0.15, 0.2) is 36.5 Å². The molecule has 129 valence electrons. The summed E-state index contributed by atoms with van der Waals surface area (Å²) in [6.45, 7) is 2.72. The SMILES string of the molecule is N#Cc1c(Nc2c[c]ccc2F)ccc2ncc(N3CCOCC3)nc12. The fourth-order valence-electron chi connectivity index (χ4n) is 2.88. The van der Waals surface area contributed by atoms with Crippen molar-refractivity contribution in [2.75, 3.05) is 36.5 Å². The molecule has 2 aromatic carbocycles. The van der Waals surface area contributed by atoms with E-state index in [9.17, 15) is 9.65 Å². The summed E-state index contributed by atoms with van der Waals surface area (Å²) in [6.07, 6.45) is 1.70. The van der Waals surface area contributed by atoms with Crippen LogP contribution in [0.2, 0.25) is 0 Å². The van der Waals surface area contributed by atoms with Crippen LogP contribution in [0, 0.1) is 23.2 Å². The maximum absolute atomic E-state index is 13.9. The molecule has 0 atom stereocenters. The molecule has 1 N–H and O–H groups in total. The molecule has 1 aliphatic heterocycles. The van der Waals surface area contributed by atoms with Crippen molar-refractivity contribution in [3.63, 3.8) is 0 Å². The molecule has 1 radical (unpaired) electrons. The number of hydrogen-bond donors (Lipinski definition) is 1. The van der Waals surface area contributed by atoms with Gasteiger partial charge in [0.2, 0.25) is 0 Å². The van der Waals surface area contributed by atoms with Crippen molar-refractivity contribution < 1.29 is 9.13 Å². The molecule has 1 fully saturated rings. The van der Waals surface area contributed by atoms with E-state index < -0.39 is 5.82 Å². The average Bonchev–Trinajstić information content (AvgIpc) is 2.70. The lowest BCUT2D eigenvalue weighted by Crippen LogP contribution is -2.36. The van der Waals surface area contributed by atoms with Gasteiger partial charge in [0.05, 0.1) is 36.3 Å². The van der Waals surface area contributed by atoms with Gasteiger partial charge in [0, 0.05) is 13.1 Å². The first-order valence-electron chi connectivity index (χ1n) is 8.21. The maximum Gasteiger partial charge on any atom is 0.148 e. The van der Waals surface area contributed by atoms with Crippen molar-refractivity contribution in [2.24, 2.45) is 0 Å². The number of fused-ring (bicyclic) bond motifs is 1. The van der Waals surface area contributed by atoms with Crippen LogP contribution in [-0.2, 0) is 4.74 Å². The van der Waals surface area contributed by atoms with E-state index in [0.717, 1.165) is 13.1 Å². The van der Waals surface area contributed by atoms with Crippen LogP contribution in [0.5, 0.6) is 0 Å². The Morgan fingerprint density at radius 3 is 2.85 bits per heavy atom. The number of ether oxygens (including phenoxy) is 1. The Hall–Kier alpha value is -3.24. The number of halogens is 1. The number of aromatic nitrogens is 2. The smallest absolute Gasteiger partial charge is 0.148 e. The van der Waals surface area contributed by atoms with Gasteiger partial charge in [-0.1, -0.05) is 6.07 Å². The van der Waals surface area contributed by atoms with Gasteiger partial charge in [-0.25, -0.2) is 9.37 Å². The Balaban J connectivity index is 1.77. The molecule has 0 amide bonds. The van der Waals surface area contributed by atoms with Crippen LogP contribution < -0.4 is 10.2 Å². The van der Waals surface area contributed by atoms with E-state index >= 15 is 0 Å². The van der Waals surface area contributed by atoms with Gasteiger partial charge in [0.25, 0.3) is 0 Å². The van der Waals surface area contributed by atoms with Gasteiger partial charge in [0.1, 0.15) is 28.8 Å². The van der Waals surface area contributed by atoms with Crippen molar-refractivity contribution in [2.45, 2.75) is 0 Å². The molecule has 26 heavy (non-hydrogen) atoms. The summed E-state index contributed by atoms with van der Waals surface area (Å²) in [4.78, 5) is 11.1. The Morgan fingerprint density at radius 1 is 1.23 bits per heavy atom. The number of benzene rings is 2. The van der Waals surface area contributed by atoms with Gasteiger partial charge in [-0.3, -0.25) is 4.98 Å². The van der Waals surface area contributed by atoms with Crippen LogP contribution in [-0.4, -0.2) is 36.3 Å². The van der Waals surface area contributed by atoms with Gasteiger partial charge in [0.15, 0.2) is 0 Å².